The molecule has 0 aliphatic rings. The lowest BCUT2D eigenvalue weighted by Gasteiger charge is -2.09. The molecule has 0 atom stereocenters. The van der Waals surface area contributed by atoms with Gasteiger partial charge in [0.1, 0.15) is 11.2 Å². The van der Waals surface area contributed by atoms with E-state index in [0.29, 0.717) is 17.5 Å². The van der Waals surface area contributed by atoms with Crippen molar-refractivity contribution < 1.29 is 4.42 Å². The lowest BCUT2D eigenvalue weighted by molar-refractivity contribution is 0.669. The molecule has 11 aromatic rings. The Labute approximate surface area is 299 Å². The van der Waals surface area contributed by atoms with E-state index in [0.717, 1.165) is 44.2 Å². The molecule has 0 N–H and O–H groups in total. The molecule has 4 nitrogen and oxygen atoms in total. The highest BCUT2D eigenvalue weighted by molar-refractivity contribution is 7.26. The molecule has 51 heavy (non-hydrogen) atoms. The highest BCUT2D eigenvalue weighted by atomic mass is 32.1. The summed E-state index contributed by atoms with van der Waals surface area (Å²) in [5.41, 5.74) is 6.84. The van der Waals surface area contributed by atoms with Crippen LogP contribution in [0, 0.1) is 0 Å². The fraction of sp³-hybridized carbons (Fsp3) is 0. The van der Waals surface area contributed by atoms with E-state index in [-0.39, 0.29) is 0 Å². The van der Waals surface area contributed by atoms with E-state index in [1.54, 1.807) is 11.3 Å². The molecule has 0 radical (unpaired) electrons. The van der Waals surface area contributed by atoms with Crippen molar-refractivity contribution in [1.82, 2.24) is 15.0 Å². The van der Waals surface area contributed by atoms with Crippen LogP contribution in [0.2, 0.25) is 0 Å². The van der Waals surface area contributed by atoms with Gasteiger partial charge in [-0.2, -0.15) is 0 Å². The number of hydrogen-bond donors (Lipinski definition) is 0. The molecule has 0 fully saturated rings. The maximum absolute atomic E-state index is 6.60. The van der Waals surface area contributed by atoms with Crippen LogP contribution < -0.4 is 0 Å². The van der Waals surface area contributed by atoms with Crippen molar-refractivity contribution >= 4 is 85.0 Å². The second kappa shape index (κ2) is 11.2. The third-order valence-electron chi connectivity index (χ3n) is 9.76. The molecular formula is C45H25N3OS2. The maximum atomic E-state index is 6.60. The van der Waals surface area contributed by atoms with Crippen molar-refractivity contribution in [3.8, 4) is 45.3 Å². The first kappa shape index (κ1) is 28.6. The van der Waals surface area contributed by atoms with Crippen LogP contribution in [-0.4, -0.2) is 15.0 Å². The number of aromatic nitrogens is 3. The summed E-state index contributed by atoms with van der Waals surface area (Å²) in [6, 6.07) is 53.1. The summed E-state index contributed by atoms with van der Waals surface area (Å²) in [6.07, 6.45) is 0. The van der Waals surface area contributed by atoms with Gasteiger partial charge in [0.05, 0.1) is 0 Å². The number of rotatable bonds is 4. The normalized spacial score (nSPS) is 11.9. The molecule has 0 spiro atoms. The second-order valence-corrected chi connectivity index (χ2v) is 14.9. The Kier molecular flexibility index (Phi) is 6.26. The number of hydrogen-bond acceptors (Lipinski definition) is 6. The minimum absolute atomic E-state index is 0.608. The van der Waals surface area contributed by atoms with Crippen molar-refractivity contribution in [2.45, 2.75) is 0 Å². The first-order valence-corrected chi connectivity index (χ1v) is 18.5. The summed E-state index contributed by atoms with van der Waals surface area (Å²) in [5, 5.41) is 7.19. The van der Waals surface area contributed by atoms with Crippen molar-refractivity contribution in [2.75, 3.05) is 0 Å². The Bertz CT molecular complexity index is 3160. The van der Waals surface area contributed by atoms with E-state index < -0.39 is 0 Å². The van der Waals surface area contributed by atoms with Gasteiger partial charge in [0.25, 0.3) is 0 Å². The zero-order valence-electron chi connectivity index (χ0n) is 27.0. The van der Waals surface area contributed by atoms with Gasteiger partial charge in [-0.1, -0.05) is 109 Å². The topological polar surface area (TPSA) is 51.8 Å². The smallest absolute Gasteiger partial charge is 0.165 e. The molecule has 0 aliphatic carbocycles. The van der Waals surface area contributed by atoms with Gasteiger partial charge in [0, 0.05) is 67.8 Å². The molecule has 0 unspecified atom stereocenters. The highest BCUT2D eigenvalue weighted by Gasteiger charge is 2.18. The maximum Gasteiger partial charge on any atom is 0.165 e. The Hall–Kier alpha value is -6.21. The van der Waals surface area contributed by atoms with E-state index in [9.17, 15) is 0 Å². The number of furan rings is 1. The largest absolute Gasteiger partial charge is 0.456 e. The Morgan fingerprint density at radius 3 is 1.55 bits per heavy atom. The molecule has 7 aromatic carbocycles. The van der Waals surface area contributed by atoms with E-state index in [1.807, 2.05) is 41.7 Å². The molecule has 6 heteroatoms. The highest BCUT2D eigenvalue weighted by Crippen LogP contribution is 2.42. The van der Waals surface area contributed by atoms with Crippen LogP contribution in [0.15, 0.2) is 156 Å². The van der Waals surface area contributed by atoms with Crippen molar-refractivity contribution in [3.05, 3.63) is 152 Å². The zero-order valence-corrected chi connectivity index (χ0v) is 28.6. The van der Waals surface area contributed by atoms with Crippen molar-refractivity contribution in [3.63, 3.8) is 0 Å². The van der Waals surface area contributed by atoms with Crippen LogP contribution >= 0.6 is 22.7 Å². The molecule has 0 bridgehead atoms. The van der Waals surface area contributed by atoms with Crippen LogP contribution in [-0.2, 0) is 0 Å². The summed E-state index contributed by atoms with van der Waals surface area (Å²) in [4.78, 5) is 15.2. The molecular weight excluding hydrogens is 663 g/mol. The summed E-state index contributed by atoms with van der Waals surface area (Å²) in [7, 11) is 0. The zero-order chi connectivity index (χ0) is 33.5. The van der Waals surface area contributed by atoms with E-state index in [2.05, 4.69) is 121 Å². The molecule has 0 amide bonds. The molecule has 0 aliphatic heterocycles. The quantitative estimate of drug-likeness (QED) is 0.185. The lowest BCUT2D eigenvalue weighted by atomic mass is 10.0. The van der Waals surface area contributed by atoms with E-state index in [4.69, 9.17) is 19.4 Å². The Morgan fingerprint density at radius 2 is 0.863 bits per heavy atom. The average Bonchev–Trinajstić information content (AvgIpc) is 3.88. The SMILES string of the molecule is c1ccc(-c2nc(-c3ccc4c(c3)oc3cc(-c5cccc6c5sc5ccccc56)ccc34)nc(-c3cccc4c3sc3ccccc34)n2)cc1. The predicted octanol–water partition coefficient (Wildman–Crippen LogP) is 13.2. The Morgan fingerprint density at radius 1 is 0.353 bits per heavy atom. The number of thiophene rings is 2. The van der Waals surface area contributed by atoms with E-state index in [1.165, 1.54) is 45.9 Å². The van der Waals surface area contributed by atoms with E-state index >= 15 is 0 Å². The average molecular weight is 688 g/mol. The lowest BCUT2D eigenvalue weighted by Crippen LogP contribution is -2.00. The third kappa shape index (κ3) is 4.54. The van der Waals surface area contributed by atoms with Crippen LogP contribution in [0.1, 0.15) is 0 Å². The Balaban J connectivity index is 1.06. The van der Waals surface area contributed by atoms with Gasteiger partial charge in [-0.3, -0.25) is 0 Å². The van der Waals surface area contributed by atoms with Crippen molar-refractivity contribution in [2.24, 2.45) is 0 Å². The minimum atomic E-state index is 0.608. The van der Waals surface area contributed by atoms with Gasteiger partial charge >= 0.3 is 0 Å². The minimum Gasteiger partial charge on any atom is -0.456 e. The summed E-state index contributed by atoms with van der Waals surface area (Å²) >= 11 is 3.62. The first-order chi connectivity index (χ1) is 25.2. The molecule has 4 aromatic heterocycles. The second-order valence-electron chi connectivity index (χ2n) is 12.8. The predicted molar refractivity (Wildman–Crippen MR) is 215 cm³/mol. The third-order valence-corrected chi connectivity index (χ3v) is 12.2. The number of benzene rings is 7. The molecule has 11 rings (SSSR count). The van der Waals surface area contributed by atoms with Gasteiger partial charge in [-0.05, 0) is 53.6 Å². The van der Waals surface area contributed by atoms with Crippen LogP contribution in [0.3, 0.4) is 0 Å². The summed E-state index contributed by atoms with van der Waals surface area (Å²) < 4.78 is 11.6. The number of nitrogens with zero attached hydrogens (tertiary/aromatic N) is 3. The van der Waals surface area contributed by atoms with Crippen LogP contribution in [0.5, 0.6) is 0 Å². The fourth-order valence-corrected chi connectivity index (χ4v) is 9.77. The van der Waals surface area contributed by atoms with Gasteiger partial charge < -0.3 is 4.42 Å². The summed E-state index contributed by atoms with van der Waals surface area (Å²) in [5.74, 6) is 1.90. The number of fused-ring (bicyclic) bond motifs is 9. The van der Waals surface area contributed by atoms with Gasteiger partial charge in [0.2, 0.25) is 0 Å². The van der Waals surface area contributed by atoms with Crippen LogP contribution in [0.25, 0.3) is 108 Å². The molecule has 238 valence electrons. The van der Waals surface area contributed by atoms with Gasteiger partial charge in [-0.25, -0.2) is 15.0 Å². The first-order valence-electron chi connectivity index (χ1n) is 16.8. The van der Waals surface area contributed by atoms with Crippen LogP contribution in [0.4, 0.5) is 0 Å². The summed E-state index contributed by atoms with van der Waals surface area (Å²) in [6.45, 7) is 0. The molecule has 0 saturated heterocycles. The van der Waals surface area contributed by atoms with Gasteiger partial charge in [0.15, 0.2) is 17.5 Å². The van der Waals surface area contributed by atoms with Gasteiger partial charge in [-0.15, -0.1) is 22.7 Å². The van der Waals surface area contributed by atoms with Crippen molar-refractivity contribution in [1.29, 1.82) is 0 Å². The fourth-order valence-electron chi connectivity index (χ4n) is 7.32. The monoisotopic (exact) mass is 687 g/mol. The standard InChI is InChI=1S/C45H25N3OS2/c1-2-10-26(11-3-1)43-46-44(48-45(47-43)36-17-9-16-35-33-13-5-7-19-40(33)51-42(35)36)28-21-23-31-30-22-20-27(24-37(30)49-38(31)25-28)29-14-8-15-34-32-12-4-6-18-39(32)50-41(29)34/h1-25H. The molecule has 0 saturated carbocycles. The molecule has 4 heterocycles.